The molecule has 0 saturated heterocycles. The molecule has 3 N–H and O–H groups in total. The van der Waals surface area contributed by atoms with Gasteiger partial charge in [0.1, 0.15) is 5.82 Å². The van der Waals surface area contributed by atoms with E-state index in [1.54, 1.807) is 13.0 Å². The van der Waals surface area contributed by atoms with Crippen LogP contribution in [0.3, 0.4) is 0 Å². The summed E-state index contributed by atoms with van der Waals surface area (Å²) in [6, 6.07) is 3.65. The van der Waals surface area contributed by atoms with Crippen molar-refractivity contribution in [2.24, 2.45) is 0 Å². The summed E-state index contributed by atoms with van der Waals surface area (Å²) >= 11 is 0. The summed E-state index contributed by atoms with van der Waals surface area (Å²) in [7, 11) is 0. The van der Waals surface area contributed by atoms with Gasteiger partial charge in [0, 0.05) is 5.69 Å². The number of carbonyl (C=O) groups is 2. The number of carboxylic acids is 1. The number of aryl methyl sites for hydroxylation is 1. The first-order chi connectivity index (χ1) is 9.90. The molecule has 2 rings (SSSR count). The minimum Gasteiger partial charge on any atom is -0.481 e. The van der Waals surface area contributed by atoms with Gasteiger partial charge in [-0.3, -0.25) is 4.79 Å². The first kappa shape index (κ1) is 15.3. The number of hydrogen-bond donors (Lipinski definition) is 3. The zero-order valence-electron chi connectivity index (χ0n) is 11.9. The average molecular weight is 294 g/mol. The van der Waals surface area contributed by atoms with Crippen molar-refractivity contribution in [3.05, 3.63) is 29.6 Å². The van der Waals surface area contributed by atoms with Crippen LogP contribution in [0.1, 0.15) is 37.7 Å². The van der Waals surface area contributed by atoms with Crippen molar-refractivity contribution < 1.29 is 19.1 Å². The topological polar surface area (TPSA) is 78.4 Å². The molecular formula is C15H19FN2O3. The van der Waals surface area contributed by atoms with Crippen molar-refractivity contribution in [2.75, 3.05) is 5.32 Å². The number of carboxylic acid groups (broad SMARTS) is 1. The van der Waals surface area contributed by atoms with Gasteiger partial charge in [0.25, 0.3) is 0 Å². The molecule has 1 fully saturated rings. The van der Waals surface area contributed by atoms with Gasteiger partial charge in [-0.05, 0) is 37.5 Å². The Balaban J connectivity index is 2.06. The molecule has 1 aliphatic carbocycles. The number of rotatable bonds is 4. The van der Waals surface area contributed by atoms with Gasteiger partial charge < -0.3 is 15.7 Å². The molecule has 1 aromatic rings. The Kier molecular flexibility index (Phi) is 4.45. The summed E-state index contributed by atoms with van der Waals surface area (Å²) in [5.41, 5.74) is 0.429. The van der Waals surface area contributed by atoms with Crippen molar-refractivity contribution in [2.45, 2.75) is 44.6 Å². The highest BCUT2D eigenvalue weighted by Crippen LogP contribution is 2.32. The third kappa shape index (κ3) is 3.93. The van der Waals surface area contributed by atoms with Gasteiger partial charge in [-0.25, -0.2) is 9.18 Å². The molecule has 6 heteroatoms. The first-order valence-electron chi connectivity index (χ1n) is 6.97. The fraction of sp³-hybridized carbons (Fsp3) is 0.467. The van der Waals surface area contributed by atoms with E-state index in [-0.39, 0.29) is 6.42 Å². The monoisotopic (exact) mass is 294 g/mol. The molecule has 1 aliphatic rings. The molecule has 1 aromatic carbocycles. The summed E-state index contributed by atoms with van der Waals surface area (Å²) in [5, 5.41) is 14.4. The maximum absolute atomic E-state index is 13.2. The number of benzene rings is 1. The summed E-state index contributed by atoms with van der Waals surface area (Å²) in [6.45, 7) is 1.76. The van der Waals surface area contributed by atoms with E-state index < -0.39 is 23.4 Å². The smallest absolute Gasteiger partial charge is 0.319 e. The summed E-state index contributed by atoms with van der Waals surface area (Å²) < 4.78 is 13.2. The van der Waals surface area contributed by atoms with E-state index in [0.29, 0.717) is 18.5 Å². The number of carbonyl (C=O) groups excluding carboxylic acids is 1. The lowest BCUT2D eigenvalue weighted by Crippen LogP contribution is -2.49. The number of urea groups is 1. The molecule has 0 atom stereocenters. The van der Waals surface area contributed by atoms with Crippen LogP contribution in [0.25, 0.3) is 0 Å². The van der Waals surface area contributed by atoms with Crippen LogP contribution in [0.5, 0.6) is 0 Å². The van der Waals surface area contributed by atoms with E-state index in [2.05, 4.69) is 10.6 Å². The maximum atomic E-state index is 13.2. The van der Waals surface area contributed by atoms with Crippen LogP contribution < -0.4 is 10.6 Å². The van der Waals surface area contributed by atoms with Gasteiger partial charge in [0.2, 0.25) is 0 Å². The van der Waals surface area contributed by atoms with Crippen LogP contribution in [0.15, 0.2) is 18.2 Å². The number of anilines is 1. The van der Waals surface area contributed by atoms with Crippen LogP contribution in [0.4, 0.5) is 14.9 Å². The van der Waals surface area contributed by atoms with Crippen molar-refractivity contribution in [1.82, 2.24) is 5.32 Å². The number of nitrogens with one attached hydrogen (secondary N) is 2. The summed E-state index contributed by atoms with van der Waals surface area (Å²) in [4.78, 5) is 23.1. The van der Waals surface area contributed by atoms with Gasteiger partial charge in [-0.2, -0.15) is 0 Å². The highest BCUT2D eigenvalue weighted by molar-refractivity contribution is 5.91. The molecule has 0 spiro atoms. The zero-order valence-corrected chi connectivity index (χ0v) is 11.9. The molecule has 0 heterocycles. The van der Waals surface area contributed by atoms with E-state index in [0.717, 1.165) is 18.4 Å². The Morgan fingerprint density at radius 3 is 2.62 bits per heavy atom. The first-order valence-corrected chi connectivity index (χ1v) is 6.97. The fourth-order valence-corrected chi connectivity index (χ4v) is 2.81. The van der Waals surface area contributed by atoms with E-state index in [1.165, 1.54) is 12.1 Å². The SMILES string of the molecule is Cc1ccc(F)cc1NC(=O)NC1(CC(=O)O)CCCC1. The Morgan fingerprint density at radius 2 is 2.00 bits per heavy atom. The number of hydrogen-bond acceptors (Lipinski definition) is 2. The molecular weight excluding hydrogens is 275 g/mol. The predicted molar refractivity (Wildman–Crippen MR) is 76.7 cm³/mol. The third-order valence-electron chi connectivity index (χ3n) is 3.88. The summed E-state index contributed by atoms with van der Waals surface area (Å²) in [6.07, 6.45) is 2.99. The second kappa shape index (κ2) is 6.11. The highest BCUT2D eigenvalue weighted by Gasteiger charge is 2.37. The minimum absolute atomic E-state index is 0.0947. The highest BCUT2D eigenvalue weighted by atomic mass is 19.1. The van der Waals surface area contributed by atoms with Crippen molar-refractivity contribution in [1.29, 1.82) is 0 Å². The molecule has 0 bridgehead atoms. The van der Waals surface area contributed by atoms with Gasteiger partial charge in [-0.1, -0.05) is 18.9 Å². The number of halogens is 1. The van der Waals surface area contributed by atoms with Crippen LogP contribution in [0.2, 0.25) is 0 Å². The van der Waals surface area contributed by atoms with Gasteiger partial charge >= 0.3 is 12.0 Å². The van der Waals surface area contributed by atoms with E-state index in [1.807, 2.05) is 0 Å². The fourth-order valence-electron chi connectivity index (χ4n) is 2.81. The molecule has 0 radical (unpaired) electrons. The van der Waals surface area contributed by atoms with Gasteiger partial charge in [0.15, 0.2) is 0 Å². The molecule has 2 amide bonds. The van der Waals surface area contributed by atoms with E-state index >= 15 is 0 Å². The second-order valence-electron chi connectivity index (χ2n) is 5.60. The lowest BCUT2D eigenvalue weighted by Gasteiger charge is -2.28. The number of aliphatic carboxylic acids is 1. The molecule has 114 valence electrons. The van der Waals surface area contributed by atoms with Crippen LogP contribution in [-0.2, 0) is 4.79 Å². The Labute approximate surface area is 122 Å². The molecule has 5 nitrogen and oxygen atoms in total. The molecule has 0 unspecified atom stereocenters. The average Bonchev–Trinajstić information content (AvgIpc) is 2.80. The standard InChI is InChI=1S/C15H19FN2O3/c1-10-4-5-11(16)8-12(10)17-14(21)18-15(9-13(19)20)6-2-3-7-15/h4-5,8H,2-3,6-7,9H2,1H3,(H,19,20)(H2,17,18,21). The summed E-state index contributed by atoms with van der Waals surface area (Å²) in [5.74, 6) is -1.36. The van der Waals surface area contributed by atoms with Crippen molar-refractivity contribution in [3.8, 4) is 0 Å². The molecule has 0 aromatic heterocycles. The van der Waals surface area contributed by atoms with E-state index in [9.17, 15) is 14.0 Å². The quantitative estimate of drug-likeness (QED) is 0.798. The predicted octanol–water partition coefficient (Wildman–Crippen LogP) is 3.04. The third-order valence-corrected chi connectivity index (χ3v) is 3.88. The van der Waals surface area contributed by atoms with Crippen molar-refractivity contribution in [3.63, 3.8) is 0 Å². The van der Waals surface area contributed by atoms with Gasteiger partial charge in [-0.15, -0.1) is 0 Å². The largest absolute Gasteiger partial charge is 0.481 e. The lowest BCUT2D eigenvalue weighted by molar-refractivity contribution is -0.138. The van der Waals surface area contributed by atoms with E-state index in [4.69, 9.17) is 5.11 Å². The van der Waals surface area contributed by atoms with Gasteiger partial charge in [0.05, 0.1) is 12.0 Å². The Hall–Kier alpha value is -2.11. The minimum atomic E-state index is -0.931. The van der Waals surface area contributed by atoms with Crippen LogP contribution in [-0.4, -0.2) is 22.6 Å². The van der Waals surface area contributed by atoms with Crippen molar-refractivity contribution >= 4 is 17.7 Å². The normalized spacial score (nSPS) is 16.5. The molecule has 1 saturated carbocycles. The molecule has 21 heavy (non-hydrogen) atoms. The maximum Gasteiger partial charge on any atom is 0.319 e. The number of amides is 2. The van der Waals surface area contributed by atoms with Crippen LogP contribution >= 0.6 is 0 Å². The lowest BCUT2D eigenvalue weighted by atomic mass is 9.93. The Morgan fingerprint density at radius 1 is 1.33 bits per heavy atom. The van der Waals surface area contributed by atoms with Crippen LogP contribution in [0, 0.1) is 12.7 Å². The Bertz CT molecular complexity index is 554. The second-order valence-corrected chi connectivity index (χ2v) is 5.60. The molecule has 0 aliphatic heterocycles. The zero-order chi connectivity index (χ0) is 15.5.